The van der Waals surface area contributed by atoms with Crippen molar-refractivity contribution in [2.45, 2.75) is 33.6 Å². The maximum atomic E-state index is 11.7. The molecule has 0 aliphatic heterocycles. The van der Waals surface area contributed by atoms with Crippen molar-refractivity contribution >= 4 is 23.7 Å². The molecule has 0 radical (unpaired) electrons. The molecule has 0 aliphatic carbocycles. The minimum absolute atomic E-state index is 0.202. The predicted octanol–water partition coefficient (Wildman–Crippen LogP) is 2.82. The summed E-state index contributed by atoms with van der Waals surface area (Å²) in [6.07, 6.45) is 0.557. The van der Waals surface area contributed by atoms with E-state index in [0.717, 1.165) is 5.56 Å². The van der Waals surface area contributed by atoms with E-state index >= 15 is 0 Å². The van der Waals surface area contributed by atoms with E-state index in [1.165, 1.54) is 0 Å². The fraction of sp³-hybridized carbons (Fsp3) is 0.400. The van der Waals surface area contributed by atoms with Gasteiger partial charge >= 0.3 is 6.09 Å². The van der Waals surface area contributed by atoms with Crippen LogP contribution >= 0.6 is 0 Å². The average molecular weight is 291 g/mol. The molecule has 0 saturated carbocycles. The lowest BCUT2D eigenvalue weighted by Gasteiger charge is -2.08. The molecule has 0 unspecified atom stereocenters. The van der Waals surface area contributed by atoms with Crippen LogP contribution in [0.2, 0.25) is 0 Å². The summed E-state index contributed by atoms with van der Waals surface area (Å²) in [6, 6.07) is 6.72. The molecule has 0 saturated heterocycles. The van der Waals surface area contributed by atoms with Gasteiger partial charge in [0.05, 0.1) is 0 Å². The summed E-state index contributed by atoms with van der Waals surface area (Å²) in [6.45, 7) is 5.72. The van der Waals surface area contributed by atoms with Crippen molar-refractivity contribution in [2.75, 3.05) is 5.32 Å². The predicted molar refractivity (Wildman–Crippen MR) is 82.0 cm³/mol. The Morgan fingerprint density at radius 2 is 1.81 bits per heavy atom. The average Bonchev–Trinajstić information content (AvgIpc) is 2.42. The van der Waals surface area contributed by atoms with Gasteiger partial charge < -0.3 is 10.5 Å². The molecule has 0 bridgehead atoms. The van der Waals surface area contributed by atoms with Gasteiger partial charge in [-0.3, -0.25) is 10.1 Å². The standard InChI is InChI=1S/C15H21N3O3/c1-4-11(5-2)13(19)18-14(16)21-15(20)17-12-8-6-10(3)7-9-12/h6-9,11H,4-5H2,1-3H3,(H,17,20)(H2,16,18,19). The van der Waals surface area contributed by atoms with Crippen LogP contribution in [0.4, 0.5) is 10.5 Å². The molecule has 0 fully saturated rings. The summed E-state index contributed by atoms with van der Waals surface area (Å²) in [5.74, 6) is -0.576. The van der Waals surface area contributed by atoms with E-state index in [2.05, 4.69) is 10.3 Å². The third kappa shape index (κ3) is 5.64. The Hall–Kier alpha value is -2.37. The number of anilines is 1. The van der Waals surface area contributed by atoms with Crippen LogP contribution in [0, 0.1) is 12.8 Å². The van der Waals surface area contributed by atoms with Gasteiger partial charge in [-0.05, 0) is 31.9 Å². The summed E-state index contributed by atoms with van der Waals surface area (Å²) in [4.78, 5) is 26.9. The van der Waals surface area contributed by atoms with Crippen LogP contribution < -0.4 is 11.1 Å². The lowest BCUT2D eigenvalue weighted by atomic mass is 10.0. The van der Waals surface area contributed by atoms with Gasteiger partial charge in [0.2, 0.25) is 0 Å². The number of aliphatic imine (C=N–C) groups is 1. The molecule has 0 atom stereocenters. The number of amidine groups is 1. The van der Waals surface area contributed by atoms with Gasteiger partial charge in [0, 0.05) is 11.6 Å². The first-order chi connectivity index (χ1) is 9.96. The zero-order valence-electron chi connectivity index (χ0n) is 12.6. The van der Waals surface area contributed by atoms with Crippen molar-refractivity contribution in [1.29, 1.82) is 0 Å². The largest absolute Gasteiger partial charge is 0.419 e. The molecule has 0 spiro atoms. The minimum atomic E-state index is -0.780. The number of ether oxygens (including phenoxy) is 1. The summed E-state index contributed by atoms with van der Waals surface area (Å²) in [5, 5.41) is 2.50. The molecule has 0 heterocycles. The van der Waals surface area contributed by atoms with E-state index < -0.39 is 12.1 Å². The van der Waals surface area contributed by atoms with E-state index in [0.29, 0.717) is 18.5 Å². The first kappa shape index (κ1) is 16.7. The fourth-order valence-electron chi connectivity index (χ4n) is 1.74. The van der Waals surface area contributed by atoms with Crippen LogP contribution in [0.5, 0.6) is 0 Å². The van der Waals surface area contributed by atoms with Gasteiger partial charge in [-0.25, -0.2) is 4.79 Å². The van der Waals surface area contributed by atoms with Crippen LogP contribution in [0.3, 0.4) is 0 Å². The normalized spacial score (nSPS) is 11.3. The van der Waals surface area contributed by atoms with Crippen LogP contribution in [-0.2, 0) is 9.53 Å². The molecule has 21 heavy (non-hydrogen) atoms. The molecule has 1 aromatic rings. The van der Waals surface area contributed by atoms with Crippen molar-refractivity contribution < 1.29 is 14.3 Å². The number of nitrogens with one attached hydrogen (secondary N) is 1. The lowest BCUT2D eigenvalue weighted by Crippen LogP contribution is -2.26. The highest BCUT2D eigenvalue weighted by Gasteiger charge is 2.15. The number of carbonyl (C=O) groups is 2. The number of hydrogen-bond donors (Lipinski definition) is 2. The second-order valence-electron chi connectivity index (χ2n) is 4.68. The van der Waals surface area contributed by atoms with Gasteiger partial charge in [-0.2, -0.15) is 4.99 Å². The van der Waals surface area contributed by atoms with Gasteiger partial charge in [-0.15, -0.1) is 0 Å². The first-order valence-electron chi connectivity index (χ1n) is 6.89. The number of rotatable bonds is 4. The molecule has 3 N–H and O–H groups in total. The van der Waals surface area contributed by atoms with E-state index in [1.54, 1.807) is 12.1 Å². The van der Waals surface area contributed by atoms with Crippen molar-refractivity contribution in [3.63, 3.8) is 0 Å². The first-order valence-corrected chi connectivity index (χ1v) is 6.89. The maximum absolute atomic E-state index is 11.7. The molecular weight excluding hydrogens is 270 g/mol. The Kier molecular flexibility index (Phi) is 6.39. The Balaban J connectivity index is 2.57. The molecule has 0 aromatic heterocycles. The number of carbonyl (C=O) groups excluding carboxylic acids is 2. The molecule has 114 valence electrons. The highest BCUT2D eigenvalue weighted by atomic mass is 16.6. The molecule has 1 aromatic carbocycles. The van der Waals surface area contributed by atoms with Crippen molar-refractivity contribution in [1.82, 2.24) is 0 Å². The second kappa shape index (κ2) is 8.04. The van der Waals surface area contributed by atoms with Crippen LogP contribution in [0.25, 0.3) is 0 Å². The van der Waals surface area contributed by atoms with Crippen molar-refractivity contribution in [3.8, 4) is 0 Å². The molecule has 6 heteroatoms. The Morgan fingerprint density at radius 1 is 1.24 bits per heavy atom. The van der Waals surface area contributed by atoms with E-state index in [1.807, 2.05) is 32.9 Å². The van der Waals surface area contributed by atoms with Crippen molar-refractivity contribution in [3.05, 3.63) is 29.8 Å². The van der Waals surface area contributed by atoms with Gasteiger partial charge in [0.25, 0.3) is 11.9 Å². The quantitative estimate of drug-likeness (QED) is 0.659. The monoisotopic (exact) mass is 291 g/mol. The number of nitrogens with zero attached hydrogens (tertiary/aromatic N) is 1. The number of aryl methyl sites for hydroxylation is 1. The zero-order chi connectivity index (χ0) is 15.8. The Labute approximate surface area is 124 Å². The minimum Gasteiger partial charge on any atom is -0.376 e. The smallest absolute Gasteiger partial charge is 0.376 e. The summed E-state index contributed by atoms with van der Waals surface area (Å²) >= 11 is 0. The maximum Gasteiger partial charge on any atom is 0.419 e. The van der Waals surface area contributed by atoms with Crippen LogP contribution in [-0.4, -0.2) is 18.0 Å². The molecular formula is C15H21N3O3. The van der Waals surface area contributed by atoms with E-state index in [9.17, 15) is 9.59 Å². The third-order valence-electron chi connectivity index (χ3n) is 3.05. The Bertz CT molecular complexity index is 519. The van der Waals surface area contributed by atoms with Gasteiger partial charge in [-0.1, -0.05) is 31.5 Å². The second-order valence-corrected chi connectivity index (χ2v) is 4.68. The lowest BCUT2D eigenvalue weighted by molar-refractivity contribution is -0.121. The van der Waals surface area contributed by atoms with Gasteiger partial charge in [0.1, 0.15) is 0 Å². The van der Waals surface area contributed by atoms with E-state index in [-0.39, 0.29) is 11.8 Å². The third-order valence-corrected chi connectivity index (χ3v) is 3.05. The molecule has 0 aliphatic rings. The van der Waals surface area contributed by atoms with Crippen LogP contribution in [0.1, 0.15) is 32.3 Å². The molecule has 6 nitrogen and oxygen atoms in total. The summed E-state index contributed by atoms with van der Waals surface area (Å²) in [5.41, 5.74) is 7.10. The summed E-state index contributed by atoms with van der Waals surface area (Å²) in [7, 11) is 0. The van der Waals surface area contributed by atoms with Crippen molar-refractivity contribution in [2.24, 2.45) is 16.6 Å². The Morgan fingerprint density at radius 3 is 2.33 bits per heavy atom. The SMILES string of the molecule is CCC(CC)C(=O)N=C(N)OC(=O)Nc1ccc(C)cc1. The summed E-state index contributed by atoms with van der Waals surface area (Å²) < 4.78 is 4.75. The van der Waals surface area contributed by atoms with Gasteiger partial charge in [0.15, 0.2) is 0 Å². The zero-order valence-corrected chi connectivity index (χ0v) is 12.6. The number of amides is 2. The van der Waals surface area contributed by atoms with E-state index in [4.69, 9.17) is 10.5 Å². The number of benzene rings is 1. The fourth-order valence-corrected chi connectivity index (χ4v) is 1.74. The number of hydrogen-bond acceptors (Lipinski definition) is 3. The topological polar surface area (TPSA) is 93.8 Å². The van der Waals surface area contributed by atoms with Crippen LogP contribution in [0.15, 0.2) is 29.3 Å². The highest BCUT2D eigenvalue weighted by Crippen LogP contribution is 2.10. The molecule has 2 amide bonds. The molecule has 1 rings (SSSR count). The highest BCUT2D eigenvalue weighted by molar-refractivity contribution is 5.98. The number of nitrogens with two attached hydrogens (primary N) is 1.